The standard InChI is InChI=1S/C19H21NO4/c1-20-5-4-19-10-18(24-3)16(22)8-13(19)14(20)6-11-7-15(21)17(23-2)9-12(11)19/h7-10,14,21H,4-6H2,1-3H3. The molecule has 3 aliphatic rings. The topological polar surface area (TPSA) is 59.0 Å². The van der Waals surface area contributed by atoms with Gasteiger partial charge >= 0.3 is 0 Å². The number of likely N-dealkylation sites (tertiary alicyclic amines) is 1. The molecule has 0 aromatic heterocycles. The lowest BCUT2D eigenvalue weighted by Crippen LogP contribution is -2.54. The fourth-order valence-electron chi connectivity index (χ4n) is 4.44. The van der Waals surface area contributed by atoms with Crippen LogP contribution in [0.15, 0.2) is 35.6 Å². The summed E-state index contributed by atoms with van der Waals surface area (Å²) in [6.45, 7) is 0.937. The number of fused-ring (bicyclic) bond motifs is 1. The molecule has 2 unspecified atom stereocenters. The van der Waals surface area contributed by atoms with Crippen molar-refractivity contribution in [3.8, 4) is 11.5 Å². The van der Waals surface area contributed by atoms with E-state index in [4.69, 9.17) is 9.47 Å². The van der Waals surface area contributed by atoms with Crippen molar-refractivity contribution >= 4 is 5.78 Å². The summed E-state index contributed by atoms with van der Waals surface area (Å²) in [5.41, 5.74) is 2.98. The second-order valence-electron chi connectivity index (χ2n) is 6.78. The maximum Gasteiger partial charge on any atom is 0.220 e. The number of carbonyl (C=O) groups is 1. The highest BCUT2D eigenvalue weighted by Crippen LogP contribution is 2.53. The van der Waals surface area contributed by atoms with Gasteiger partial charge in [-0.25, -0.2) is 0 Å². The van der Waals surface area contributed by atoms with Gasteiger partial charge in [0, 0.05) is 11.5 Å². The van der Waals surface area contributed by atoms with Crippen LogP contribution in [-0.2, 0) is 21.4 Å². The van der Waals surface area contributed by atoms with Crippen LogP contribution in [0.5, 0.6) is 11.5 Å². The highest BCUT2D eigenvalue weighted by Gasteiger charge is 2.50. The second kappa shape index (κ2) is 5.11. The Morgan fingerprint density at radius 3 is 2.79 bits per heavy atom. The summed E-state index contributed by atoms with van der Waals surface area (Å²) in [6, 6.07) is 3.88. The molecule has 24 heavy (non-hydrogen) atoms. The number of rotatable bonds is 2. The molecule has 1 fully saturated rings. The maximum absolute atomic E-state index is 12.4. The van der Waals surface area contributed by atoms with E-state index in [2.05, 4.69) is 11.9 Å². The smallest absolute Gasteiger partial charge is 0.220 e. The zero-order valence-electron chi connectivity index (χ0n) is 14.1. The Bertz CT molecular complexity index is 795. The number of phenolic OH excluding ortho intramolecular Hbond substituents is 1. The van der Waals surface area contributed by atoms with Gasteiger partial charge in [0.1, 0.15) is 0 Å². The van der Waals surface area contributed by atoms with Crippen molar-refractivity contribution in [1.82, 2.24) is 4.90 Å². The molecule has 1 heterocycles. The summed E-state index contributed by atoms with van der Waals surface area (Å²) < 4.78 is 10.7. The lowest BCUT2D eigenvalue weighted by Gasteiger charge is -2.52. The van der Waals surface area contributed by atoms with Crippen LogP contribution in [0.4, 0.5) is 0 Å². The highest BCUT2D eigenvalue weighted by molar-refractivity contribution is 6.05. The SMILES string of the molecule is COC1=CC23CCN(C)C(Cc4cc(O)c(OC)cc42)C3=CC1=O. The van der Waals surface area contributed by atoms with E-state index in [0.29, 0.717) is 11.5 Å². The predicted octanol–water partition coefficient (Wildman–Crippen LogP) is 1.94. The van der Waals surface area contributed by atoms with E-state index >= 15 is 0 Å². The number of phenols is 1. The third-order valence-electron chi connectivity index (χ3n) is 5.69. The summed E-state index contributed by atoms with van der Waals surface area (Å²) in [5, 5.41) is 10.2. The van der Waals surface area contributed by atoms with Crippen LogP contribution < -0.4 is 4.74 Å². The van der Waals surface area contributed by atoms with Crippen LogP contribution in [0, 0.1) is 0 Å². The molecule has 2 atom stereocenters. The Morgan fingerprint density at radius 2 is 2.08 bits per heavy atom. The fourth-order valence-corrected chi connectivity index (χ4v) is 4.44. The van der Waals surface area contributed by atoms with E-state index in [9.17, 15) is 9.90 Å². The van der Waals surface area contributed by atoms with Crippen molar-refractivity contribution in [1.29, 1.82) is 0 Å². The molecule has 2 bridgehead atoms. The summed E-state index contributed by atoms with van der Waals surface area (Å²) in [7, 11) is 5.17. The number of methoxy groups -OCH3 is 2. The number of allylic oxidation sites excluding steroid dienone is 2. The van der Waals surface area contributed by atoms with E-state index in [-0.39, 0.29) is 23.0 Å². The van der Waals surface area contributed by atoms with Gasteiger partial charge < -0.3 is 14.6 Å². The zero-order valence-corrected chi connectivity index (χ0v) is 14.1. The molecule has 1 aromatic carbocycles. The molecular formula is C19H21NO4. The van der Waals surface area contributed by atoms with Crippen LogP contribution in [-0.4, -0.2) is 49.6 Å². The molecule has 126 valence electrons. The number of likely N-dealkylation sites (N-methyl/N-ethyl adjacent to an activating group) is 1. The maximum atomic E-state index is 12.4. The Hall–Kier alpha value is -2.27. The van der Waals surface area contributed by atoms with E-state index in [0.717, 1.165) is 36.1 Å². The molecule has 0 saturated carbocycles. The number of hydrogen-bond acceptors (Lipinski definition) is 5. The molecule has 5 heteroatoms. The van der Waals surface area contributed by atoms with Gasteiger partial charge in [-0.2, -0.15) is 0 Å². The number of hydrogen-bond donors (Lipinski definition) is 1. The number of benzene rings is 1. The lowest BCUT2D eigenvalue weighted by atomic mass is 9.59. The van der Waals surface area contributed by atoms with Crippen LogP contribution >= 0.6 is 0 Å². The predicted molar refractivity (Wildman–Crippen MR) is 89.3 cm³/mol. The van der Waals surface area contributed by atoms with Crippen LogP contribution in [0.2, 0.25) is 0 Å². The van der Waals surface area contributed by atoms with Crippen molar-refractivity contribution < 1.29 is 19.4 Å². The number of aromatic hydroxyl groups is 1. The van der Waals surface area contributed by atoms with E-state index in [1.165, 1.54) is 7.11 Å². The van der Waals surface area contributed by atoms with E-state index in [1.807, 2.05) is 12.1 Å². The number of carbonyl (C=O) groups excluding carboxylic acids is 1. The minimum Gasteiger partial charge on any atom is -0.504 e. The van der Waals surface area contributed by atoms with Gasteiger partial charge in [0.05, 0.1) is 14.2 Å². The van der Waals surface area contributed by atoms with E-state index < -0.39 is 0 Å². The molecular weight excluding hydrogens is 306 g/mol. The third kappa shape index (κ3) is 1.88. The minimum atomic E-state index is -0.356. The van der Waals surface area contributed by atoms with Gasteiger partial charge in [0.15, 0.2) is 17.3 Å². The first-order chi connectivity index (χ1) is 11.5. The van der Waals surface area contributed by atoms with E-state index in [1.54, 1.807) is 19.3 Å². The first-order valence-electron chi connectivity index (χ1n) is 8.14. The van der Waals surface area contributed by atoms with Gasteiger partial charge in [-0.3, -0.25) is 9.69 Å². The first-order valence-corrected chi connectivity index (χ1v) is 8.14. The molecule has 1 N–H and O–H groups in total. The fraction of sp³-hybridized carbons (Fsp3) is 0.421. The van der Waals surface area contributed by atoms with Crippen molar-refractivity contribution in [2.45, 2.75) is 24.3 Å². The molecule has 0 radical (unpaired) electrons. The summed E-state index contributed by atoms with van der Waals surface area (Å²) >= 11 is 0. The average molecular weight is 327 g/mol. The molecule has 1 saturated heterocycles. The summed E-state index contributed by atoms with van der Waals surface area (Å²) in [6.07, 6.45) is 5.37. The second-order valence-corrected chi connectivity index (χ2v) is 6.78. The largest absolute Gasteiger partial charge is 0.504 e. The highest BCUT2D eigenvalue weighted by atomic mass is 16.5. The normalized spacial score (nSPS) is 28.5. The van der Waals surface area contributed by atoms with Gasteiger partial charge in [0.2, 0.25) is 5.78 Å². The van der Waals surface area contributed by atoms with Crippen molar-refractivity contribution in [3.05, 3.63) is 46.7 Å². The Morgan fingerprint density at radius 1 is 1.29 bits per heavy atom. The lowest BCUT2D eigenvalue weighted by molar-refractivity contribution is -0.114. The third-order valence-corrected chi connectivity index (χ3v) is 5.69. The number of ether oxygens (including phenoxy) is 2. The van der Waals surface area contributed by atoms with Gasteiger partial charge in [-0.15, -0.1) is 0 Å². The molecule has 4 rings (SSSR count). The Balaban J connectivity index is 2.00. The molecule has 1 aliphatic heterocycles. The Kier molecular flexibility index (Phi) is 3.25. The van der Waals surface area contributed by atoms with Crippen molar-refractivity contribution in [2.75, 3.05) is 27.8 Å². The number of piperidine rings is 1. The van der Waals surface area contributed by atoms with Crippen LogP contribution in [0.1, 0.15) is 17.5 Å². The minimum absolute atomic E-state index is 0.0716. The number of nitrogens with zero attached hydrogens (tertiary/aromatic N) is 1. The van der Waals surface area contributed by atoms with Gasteiger partial charge in [-0.1, -0.05) is 0 Å². The van der Waals surface area contributed by atoms with Crippen LogP contribution in [0.25, 0.3) is 0 Å². The molecule has 1 aromatic rings. The monoisotopic (exact) mass is 327 g/mol. The van der Waals surface area contributed by atoms with Gasteiger partial charge in [0.25, 0.3) is 0 Å². The van der Waals surface area contributed by atoms with Gasteiger partial charge in [-0.05, 0) is 67.4 Å². The van der Waals surface area contributed by atoms with Crippen molar-refractivity contribution in [2.24, 2.45) is 0 Å². The number of ketones is 1. The first kappa shape index (κ1) is 15.3. The van der Waals surface area contributed by atoms with Crippen molar-refractivity contribution in [3.63, 3.8) is 0 Å². The summed E-state index contributed by atoms with van der Waals surface area (Å²) in [5.74, 6) is 0.937. The molecule has 0 amide bonds. The van der Waals surface area contributed by atoms with Crippen LogP contribution in [0.3, 0.4) is 0 Å². The quantitative estimate of drug-likeness (QED) is 0.899. The summed E-state index contributed by atoms with van der Waals surface area (Å²) in [4.78, 5) is 14.6. The zero-order chi connectivity index (χ0) is 17.1. The Labute approximate surface area is 141 Å². The molecule has 2 aliphatic carbocycles. The molecule has 5 nitrogen and oxygen atoms in total. The molecule has 0 spiro atoms. The average Bonchev–Trinajstić information content (AvgIpc) is 2.57.